The number of rotatable bonds is 5. The van der Waals surface area contributed by atoms with Crippen molar-refractivity contribution in [3.63, 3.8) is 0 Å². The third kappa shape index (κ3) is 4.38. The van der Waals surface area contributed by atoms with Gasteiger partial charge in [0, 0.05) is 24.2 Å². The minimum absolute atomic E-state index is 0.143. The second-order valence-electron chi connectivity index (χ2n) is 7.54. The monoisotopic (exact) mass is 394 g/mol. The van der Waals surface area contributed by atoms with Crippen LogP contribution in [-0.2, 0) is 22.6 Å². The molecule has 29 heavy (non-hydrogen) atoms. The first-order valence-electron chi connectivity index (χ1n) is 9.77. The van der Waals surface area contributed by atoms with Crippen molar-refractivity contribution in [3.05, 3.63) is 81.4 Å². The highest BCUT2D eigenvalue weighted by Crippen LogP contribution is 2.19. The molecule has 5 nitrogen and oxygen atoms in total. The molecule has 1 unspecified atom stereocenters. The topological polar surface area (TPSA) is 62.4 Å². The van der Waals surface area contributed by atoms with Gasteiger partial charge in [-0.3, -0.25) is 9.59 Å². The summed E-state index contributed by atoms with van der Waals surface area (Å²) >= 11 is 0. The summed E-state index contributed by atoms with van der Waals surface area (Å²) in [5.41, 5.74) is 2.93. The number of nitrogens with zero attached hydrogens (tertiary/aromatic N) is 1. The van der Waals surface area contributed by atoms with Crippen molar-refractivity contribution >= 4 is 16.8 Å². The van der Waals surface area contributed by atoms with Gasteiger partial charge in [0.05, 0.1) is 6.54 Å². The molecule has 1 N–H and O–H groups in total. The summed E-state index contributed by atoms with van der Waals surface area (Å²) in [6.07, 6.45) is 1.03. The summed E-state index contributed by atoms with van der Waals surface area (Å²) in [4.78, 5) is 30.2. The van der Waals surface area contributed by atoms with Crippen LogP contribution >= 0.6 is 0 Å². The summed E-state index contributed by atoms with van der Waals surface area (Å²) < 4.78 is 18.8. The lowest BCUT2D eigenvalue weighted by molar-refractivity contribution is -0.142. The van der Waals surface area contributed by atoms with Gasteiger partial charge in [-0.25, -0.2) is 4.39 Å². The molecule has 0 saturated carbocycles. The Bertz CT molecular complexity index is 1090. The number of nitrogens with one attached hydrogen (secondary N) is 1. The Hall–Kier alpha value is -2.99. The summed E-state index contributed by atoms with van der Waals surface area (Å²) in [5.74, 6) is -0.470. The fourth-order valence-corrected chi connectivity index (χ4v) is 3.68. The van der Waals surface area contributed by atoms with Crippen LogP contribution in [0.15, 0.2) is 53.3 Å². The zero-order valence-corrected chi connectivity index (χ0v) is 16.3. The smallest absolute Gasteiger partial charge is 0.253 e. The van der Waals surface area contributed by atoms with Crippen LogP contribution in [0, 0.1) is 12.7 Å². The number of H-pyrrole nitrogens is 1. The van der Waals surface area contributed by atoms with Gasteiger partial charge in [0.15, 0.2) is 0 Å². The third-order valence-corrected chi connectivity index (χ3v) is 5.24. The second kappa shape index (κ2) is 8.17. The largest absolute Gasteiger partial charge is 0.368 e. The number of fused-ring (bicyclic) bond motifs is 1. The number of pyridine rings is 1. The highest BCUT2D eigenvalue weighted by molar-refractivity contribution is 5.82. The van der Waals surface area contributed by atoms with E-state index in [0.717, 1.165) is 28.5 Å². The van der Waals surface area contributed by atoms with Gasteiger partial charge in [0.1, 0.15) is 11.9 Å². The number of carbonyl (C=O) groups excluding carboxylic acids is 1. The molecular formula is C23H23FN2O3. The number of ether oxygens (including phenoxy) is 1. The van der Waals surface area contributed by atoms with Crippen molar-refractivity contribution < 1.29 is 13.9 Å². The van der Waals surface area contributed by atoms with Crippen molar-refractivity contribution in [2.45, 2.75) is 39.0 Å². The van der Waals surface area contributed by atoms with Crippen LogP contribution in [0.2, 0.25) is 0 Å². The summed E-state index contributed by atoms with van der Waals surface area (Å²) in [6.45, 7) is 2.98. The first kappa shape index (κ1) is 19.3. The van der Waals surface area contributed by atoms with E-state index in [9.17, 15) is 14.0 Å². The minimum atomic E-state index is -0.488. The van der Waals surface area contributed by atoms with E-state index < -0.39 is 6.10 Å². The highest BCUT2D eigenvalue weighted by Gasteiger charge is 2.29. The maximum Gasteiger partial charge on any atom is 0.253 e. The third-order valence-electron chi connectivity index (χ3n) is 5.24. The lowest BCUT2D eigenvalue weighted by Crippen LogP contribution is -2.39. The van der Waals surface area contributed by atoms with E-state index in [0.29, 0.717) is 18.6 Å². The predicted octanol–water partition coefficient (Wildman–Crippen LogP) is 3.68. The number of halogens is 1. The molecule has 1 aliphatic heterocycles. The Kier molecular flexibility index (Phi) is 5.45. The maximum absolute atomic E-state index is 13.3. The molecule has 1 saturated heterocycles. The van der Waals surface area contributed by atoms with Crippen LogP contribution in [0.4, 0.5) is 4.39 Å². The Balaban J connectivity index is 1.65. The number of aromatic nitrogens is 1. The van der Waals surface area contributed by atoms with Crippen LogP contribution in [-0.4, -0.2) is 28.5 Å². The van der Waals surface area contributed by atoms with Gasteiger partial charge in [0.25, 0.3) is 11.5 Å². The maximum atomic E-state index is 13.3. The SMILES string of the molecule is Cc1ccc2cc(CN(Cc3ccc(F)cc3)C(=O)C3CCCO3)c(=O)[nH]c2c1. The van der Waals surface area contributed by atoms with Gasteiger partial charge in [-0.2, -0.15) is 0 Å². The molecule has 1 atom stereocenters. The number of hydrogen-bond acceptors (Lipinski definition) is 3. The van der Waals surface area contributed by atoms with Crippen LogP contribution in [0.25, 0.3) is 10.9 Å². The van der Waals surface area contributed by atoms with Gasteiger partial charge < -0.3 is 14.6 Å². The molecule has 150 valence electrons. The van der Waals surface area contributed by atoms with Crippen LogP contribution in [0.3, 0.4) is 0 Å². The van der Waals surface area contributed by atoms with E-state index in [1.807, 2.05) is 31.2 Å². The van der Waals surface area contributed by atoms with E-state index in [1.165, 1.54) is 12.1 Å². The molecular weight excluding hydrogens is 371 g/mol. The average Bonchev–Trinajstić information content (AvgIpc) is 3.24. The van der Waals surface area contributed by atoms with E-state index in [1.54, 1.807) is 17.0 Å². The number of aryl methyl sites for hydroxylation is 1. The predicted molar refractivity (Wildman–Crippen MR) is 109 cm³/mol. The molecule has 1 amide bonds. The quantitative estimate of drug-likeness (QED) is 0.718. The molecule has 6 heteroatoms. The summed E-state index contributed by atoms with van der Waals surface area (Å²) in [7, 11) is 0. The molecule has 3 aromatic rings. The Morgan fingerprint density at radius 1 is 1.17 bits per heavy atom. The highest BCUT2D eigenvalue weighted by atomic mass is 19.1. The first-order valence-corrected chi connectivity index (χ1v) is 9.77. The molecule has 1 aromatic heterocycles. The van der Waals surface area contributed by atoms with Gasteiger partial charge in [-0.15, -0.1) is 0 Å². The van der Waals surface area contributed by atoms with E-state index in [-0.39, 0.29) is 30.4 Å². The normalized spacial score (nSPS) is 16.3. The Morgan fingerprint density at radius 3 is 2.69 bits per heavy atom. The number of carbonyl (C=O) groups is 1. The van der Waals surface area contributed by atoms with Crippen LogP contribution in [0.1, 0.15) is 29.5 Å². The number of amides is 1. The zero-order valence-electron chi connectivity index (χ0n) is 16.3. The van der Waals surface area contributed by atoms with Crippen molar-refractivity contribution in [2.75, 3.05) is 6.61 Å². The molecule has 0 aliphatic carbocycles. The van der Waals surface area contributed by atoms with Gasteiger partial charge >= 0.3 is 0 Å². The molecule has 0 bridgehead atoms. The standard InChI is InChI=1S/C23H23FN2O3/c1-15-4-7-17-12-18(22(27)25-20(17)11-15)14-26(23(28)21-3-2-10-29-21)13-16-5-8-19(24)9-6-16/h4-9,11-12,21H,2-3,10,13-14H2,1H3,(H,25,27). The van der Waals surface area contributed by atoms with E-state index in [4.69, 9.17) is 4.74 Å². The van der Waals surface area contributed by atoms with Gasteiger partial charge in [-0.05, 0) is 60.5 Å². The van der Waals surface area contributed by atoms with Crippen molar-refractivity contribution in [1.82, 2.24) is 9.88 Å². The summed E-state index contributed by atoms with van der Waals surface area (Å²) in [6, 6.07) is 13.7. The van der Waals surface area contributed by atoms with Gasteiger partial charge in [-0.1, -0.05) is 24.3 Å². The van der Waals surface area contributed by atoms with Crippen LogP contribution in [0.5, 0.6) is 0 Å². The number of aromatic amines is 1. The van der Waals surface area contributed by atoms with Crippen molar-refractivity contribution in [2.24, 2.45) is 0 Å². The molecule has 1 aliphatic rings. The zero-order chi connectivity index (χ0) is 20.4. The van der Waals surface area contributed by atoms with Gasteiger partial charge in [0.2, 0.25) is 0 Å². The van der Waals surface area contributed by atoms with Crippen LogP contribution < -0.4 is 5.56 Å². The molecule has 1 fully saturated rings. The molecule has 0 spiro atoms. The fraction of sp³-hybridized carbons (Fsp3) is 0.304. The molecule has 2 heterocycles. The lowest BCUT2D eigenvalue weighted by Gasteiger charge is -2.25. The fourth-order valence-electron chi connectivity index (χ4n) is 3.68. The Labute approximate surface area is 168 Å². The number of benzene rings is 2. The summed E-state index contributed by atoms with van der Waals surface area (Å²) in [5, 5.41) is 0.913. The molecule has 4 rings (SSSR count). The molecule has 2 aromatic carbocycles. The van der Waals surface area contributed by atoms with E-state index >= 15 is 0 Å². The second-order valence-corrected chi connectivity index (χ2v) is 7.54. The Morgan fingerprint density at radius 2 is 1.97 bits per heavy atom. The minimum Gasteiger partial charge on any atom is -0.368 e. The molecule has 0 radical (unpaired) electrons. The first-order chi connectivity index (χ1) is 14.0. The lowest BCUT2D eigenvalue weighted by atomic mass is 10.1. The van der Waals surface area contributed by atoms with Crippen molar-refractivity contribution in [3.8, 4) is 0 Å². The van der Waals surface area contributed by atoms with E-state index in [2.05, 4.69) is 4.98 Å². The van der Waals surface area contributed by atoms with Crippen molar-refractivity contribution in [1.29, 1.82) is 0 Å². The number of hydrogen-bond donors (Lipinski definition) is 1. The average molecular weight is 394 g/mol.